The number of piperazine rings is 1. The van der Waals surface area contributed by atoms with E-state index < -0.39 is 17.2 Å². The highest BCUT2D eigenvalue weighted by Crippen LogP contribution is 2.20. The first-order chi connectivity index (χ1) is 14.7. The van der Waals surface area contributed by atoms with Gasteiger partial charge in [0.1, 0.15) is 0 Å². The Bertz CT molecular complexity index is 875. The smallest absolute Gasteiger partial charge is 0.275 e. The van der Waals surface area contributed by atoms with Crippen LogP contribution >= 0.6 is 0 Å². The molecular formula is C24H32N4O3. The van der Waals surface area contributed by atoms with Crippen LogP contribution in [0, 0.1) is 0 Å². The van der Waals surface area contributed by atoms with Gasteiger partial charge >= 0.3 is 0 Å². The van der Waals surface area contributed by atoms with Crippen molar-refractivity contribution in [3.8, 4) is 0 Å². The number of hydrogen-bond donors (Lipinski definition) is 2. The van der Waals surface area contributed by atoms with Gasteiger partial charge in [-0.2, -0.15) is 0 Å². The average molecular weight is 425 g/mol. The monoisotopic (exact) mass is 424 g/mol. The molecule has 166 valence electrons. The van der Waals surface area contributed by atoms with Crippen molar-refractivity contribution < 1.29 is 14.3 Å². The number of rotatable bonds is 7. The standard InChI is InChI=1S/C24H32N4O3/c1-23(2,25)21(29)26-24(3,31-18-19-10-6-4-7-11-19)22(30)28-16-14-27(15-17-28)20-12-8-5-9-13-20/h4-13H,14-18,25H2,1-3H3,(H,26,29). The van der Waals surface area contributed by atoms with Gasteiger partial charge in [0.05, 0.1) is 12.1 Å². The largest absolute Gasteiger partial charge is 0.368 e. The summed E-state index contributed by atoms with van der Waals surface area (Å²) in [7, 11) is 0. The van der Waals surface area contributed by atoms with Crippen molar-refractivity contribution in [2.75, 3.05) is 31.1 Å². The Morgan fingerprint density at radius 3 is 2.03 bits per heavy atom. The molecule has 1 heterocycles. The Labute approximate surface area is 184 Å². The third-order valence-electron chi connectivity index (χ3n) is 5.40. The Balaban J connectivity index is 1.71. The second kappa shape index (κ2) is 9.49. The number of ether oxygens (including phenoxy) is 1. The second-order valence-electron chi connectivity index (χ2n) is 8.60. The van der Waals surface area contributed by atoms with Crippen LogP contribution in [0.2, 0.25) is 0 Å². The lowest BCUT2D eigenvalue weighted by Gasteiger charge is -2.41. The molecule has 1 unspecified atom stereocenters. The van der Waals surface area contributed by atoms with E-state index in [1.807, 2.05) is 48.5 Å². The SMILES string of the molecule is CC(C)(N)C(=O)NC(C)(OCc1ccccc1)C(=O)N1CCN(c2ccccc2)CC1. The summed E-state index contributed by atoms with van der Waals surface area (Å²) in [5.74, 6) is -0.715. The summed E-state index contributed by atoms with van der Waals surface area (Å²) in [6.07, 6.45) is 0. The Morgan fingerprint density at radius 2 is 1.48 bits per heavy atom. The van der Waals surface area contributed by atoms with Crippen molar-refractivity contribution in [1.82, 2.24) is 10.2 Å². The molecule has 31 heavy (non-hydrogen) atoms. The topological polar surface area (TPSA) is 87.9 Å². The molecule has 0 aliphatic carbocycles. The summed E-state index contributed by atoms with van der Waals surface area (Å²) in [4.78, 5) is 30.1. The van der Waals surface area contributed by atoms with Crippen LogP contribution < -0.4 is 16.0 Å². The maximum atomic E-state index is 13.5. The first-order valence-corrected chi connectivity index (χ1v) is 10.6. The molecule has 7 heteroatoms. The number of nitrogens with two attached hydrogens (primary N) is 1. The number of amides is 2. The van der Waals surface area contributed by atoms with E-state index in [0.717, 1.165) is 11.3 Å². The molecule has 0 radical (unpaired) electrons. The van der Waals surface area contributed by atoms with Crippen molar-refractivity contribution >= 4 is 17.5 Å². The van der Waals surface area contributed by atoms with Crippen molar-refractivity contribution in [3.63, 3.8) is 0 Å². The number of nitrogens with one attached hydrogen (secondary N) is 1. The van der Waals surface area contributed by atoms with Crippen molar-refractivity contribution in [1.29, 1.82) is 0 Å². The van der Waals surface area contributed by atoms with Gasteiger partial charge in [-0.3, -0.25) is 9.59 Å². The molecule has 0 spiro atoms. The highest BCUT2D eigenvalue weighted by molar-refractivity contribution is 5.93. The number of para-hydroxylation sites is 1. The molecule has 3 N–H and O–H groups in total. The maximum Gasteiger partial charge on any atom is 0.275 e. The number of carbonyl (C=O) groups is 2. The minimum atomic E-state index is -1.52. The Hall–Kier alpha value is -2.90. The van der Waals surface area contributed by atoms with Crippen LogP contribution in [0.15, 0.2) is 60.7 Å². The van der Waals surface area contributed by atoms with E-state index >= 15 is 0 Å². The highest BCUT2D eigenvalue weighted by Gasteiger charge is 2.42. The lowest BCUT2D eigenvalue weighted by molar-refractivity contribution is -0.168. The summed E-state index contributed by atoms with van der Waals surface area (Å²) in [5.41, 5.74) is 5.35. The molecule has 0 saturated carbocycles. The van der Waals surface area contributed by atoms with Gasteiger partial charge in [-0.05, 0) is 38.5 Å². The number of carbonyl (C=O) groups excluding carboxylic acids is 2. The number of nitrogens with zero attached hydrogens (tertiary/aromatic N) is 2. The number of hydrogen-bond acceptors (Lipinski definition) is 5. The molecule has 0 bridgehead atoms. The van der Waals surface area contributed by atoms with Gasteiger partial charge in [0.25, 0.3) is 5.91 Å². The molecule has 3 rings (SSSR count). The molecule has 1 atom stereocenters. The predicted molar refractivity (Wildman–Crippen MR) is 121 cm³/mol. The quantitative estimate of drug-likeness (QED) is 0.665. The van der Waals surface area contributed by atoms with Gasteiger partial charge in [0.2, 0.25) is 11.6 Å². The van der Waals surface area contributed by atoms with Gasteiger partial charge in [-0.1, -0.05) is 48.5 Å². The minimum absolute atomic E-state index is 0.193. The van der Waals surface area contributed by atoms with Crippen LogP contribution in [0.1, 0.15) is 26.3 Å². The van der Waals surface area contributed by atoms with E-state index in [1.54, 1.807) is 25.7 Å². The molecule has 7 nitrogen and oxygen atoms in total. The Kier molecular flexibility index (Phi) is 6.97. The molecule has 1 aliphatic heterocycles. The van der Waals surface area contributed by atoms with Crippen LogP contribution in [-0.4, -0.2) is 54.2 Å². The third kappa shape index (κ3) is 5.83. The van der Waals surface area contributed by atoms with Crippen LogP contribution in [0.5, 0.6) is 0 Å². The van der Waals surface area contributed by atoms with Gasteiger partial charge in [-0.25, -0.2) is 0 Å². The zero-order valence-electron chi connectivity index (χ0n) is 18.5. The average Bonchev–Trinajstić information content (AvgIpc) is 2.78. The van der Waals surface area contributed by atoms with Gasteiger partial charge in [-0.15, -0.1) is 0 Å². The van der Waals surface area contributed by atoms with E-state index in [-0.39, 0.29) is 12.5 Å². The lowest BCUT2D eigenvalue weighted by atomic mass is 10.0. The number of anilines is 1. The second-order valence-corrected chi connectivity index (χ2v) is 8.60. The molecule has 1 aliphatic rings. The van der Waals surface area contributed by atoms with Crippen LogP contribution in [0.25, 0.3) is 0 Å². The van der Waals surface area contributed by atoms with Gasteiger partial charge in [0.15, 0.2) is 0 Å². The van der Waals surface area contributed by atoms with Crippen LogP contribution in [0.4, 0.5) is 5.69 Å². The molecule has 2 aromatic rings. The molecule has 2 aromatic carbocycles. The lowest BCUT2D eigenvalue weighted by Crippen LogP contribution is -2.65. The first kappa shape index (κ1) is 22.8. The van der Waals surface area contributed by atoms with E-state index in [4.69, 9.17) is 10.5 Å². The fraction of sp³-hybridized carbons (Fsp3) is 0.417. The molecule has 1 fully saturated rings. The molecular weight excluding hydrogens is 392 g/mol. The summed E-state index contributed by atoms with van der Waals surface area (Å²) in [6, 6.07) is 19.7. The molecule has 2 amide bonds. The summed E-state index contributed by atoms with van der Waals surface area (Å²) in [5, 5.41) is 2.75. The van der Waals surface area contributed by atoms with Crippen LogP contribution in [-0.2, 0) is 20.9 Å². The minimum Gasteiger partial charge on any atom is -0.368 e. The predicted octanol–water partition coefficient (Wildman–Crippen LogP) is 2.12. The summed E-state index contributed by atoms with van der Waals surface area (Å²) >= 11 is 0. The summed E-state index contributed by atoms with van der Waals surface area (Å²) in [6.45, 7) is 7.50. The van der Waals surface area contributed by atoms with E-state index in [9.17, 15) is 9.59 Å². The first-order valence-electron chi connectivity index (χ1n) is 10.6. The zero-order chi connectivity index (χ0) is 22.5. The van der Waals surface area contributed by atoms with Crippen molar-refractivity contribution in [2.45, 2.75) is 38.6 Å². The van der Waals surface area contributed by atoms with E-state index in [2.05, 4.69) is 22.3 Å². The third-order valence-corrected chi connectivity index (χ3v) is 5.40. The molecule has 1 saturated heterocycles. The fourth-order valence-electron chi connectivity index (χ4n) is 3.44. The highest BCUT2D eigenvalue weighted by atomic mass is 16.5. The van der Waals surface area contributed by atoms with E-state index in [0.29, 0.717) is 26.2 Å². The number of benzene rings is 2. The fourth-order valence-corrected chi connectivity index (χ4v) is 3.44. The maximum absolute atomic E-state index is 13.5. The van der Waals surface area contributed by atoms with Crippen LogP contribution in [0.3, 0.4) is 0 Å². The Morgan fingerprint density at radius 1 is 0.935 bits per heavy atom. The van der Waals surface area contributed by atoms with Crippen molar-refractivity contribution in [3.05, 3.63) is 66.2 Å². The van der Waals surface area contributed by atoms with E-state index in [1.165, 1.54) is 0 Å². The van der Waals surface area contributed by atoms with Crippen molar-refractivity contribution in [2.24, 2.45) is 5.73 Å². The van der Waals surface area contributed by atoms with Gasteiger partial charge < -0.3 is 25.6 Å². The molecule has 0 aromatic heterocycles. The normalized spacial score (nSPS) is 16.5. The zero-order valence-corrected chi connectivity index (χ0v) is 18.5. The summed E-state index contributed by atoms with van der Waals surface area (Å²) < 4.78 is 6.02. The van der Waals surface area contributed by atoms with Gasteiger partial charge in [0, 0.05) is 31.9 Å².